The minimum absolute atomic E-state index is 0.708. The normalized spacial score (nSPS) is 8.17. The molecule has 0 aromatic rings. The third-order valence-electron chi connectivity index (χ3n) is 0.404. The van der Waals surface area contributed by atoms with E-state index in [0.717, 1.165) is 5.57 Å². The predicted octanol–water partition coefficient (Wildman–Crippen LogP) is 0.236. The van der Waals surface area contributed by atoms with Crippen molar-refractivity contribution >= 4 is 7.98 Å². The van der Waals surface area contributed by atoms with E-state index in [9.17, 15) is 0 Å². The first-order chi connectivity index (χ1) is 2.77. The van der Waals surface area contributed by atoms with Crippen LogP contribution >= 0.6 is 0 Å². The van der Waals surface area contributed by atoms with Crippen molar-refractivity contribution in [2.45, 2.75) is 6.92 Å². The highest BCUT2D eigenvalue weighted by Gasteiger charge is 1.73. The third kappa shape index (κ3) is 3.76. The molecule has 0 aliphatic heterocycles. The Morgan fingerprint density at radius 3 is 2.50 bits per heavy atom. The molecule has 2 radical (unpaired) electrons. The van der Waals surface area contributed by atoms with Gasteiger partial charge in [0.25, 0.3) is 0 Å². The minimum atomic E-state index is 0.708. The van der Waals surface area contributed by atoms with Gasteiger partial charge in [0.2, 0.25) is 0 Å². The number of hydrogen-bond acceptors (Lipinski definition) is 1. The van der Waals surface area contributed by atoms with Gasteiger partial charge in [0.1, 0.15) is 0 Å². The molecule has 0 heterocycles. The molecule has 1 N–H and O–H groups in total. The zero-order valence-electron chi connectivity index (χ0n) is 3.99. The molecular weight excluding hydrogens is 72.9 g/mol. The SMILES string of the molecule is [B]NCC(=C)C. The summed E-state index contributed by atoms with van der Waals surface area (Å²) in [6, 6.07) is 0. The lowest BCUT2D eigenvalue weighted by Gasteiger charge is -1.91. The molecule has 6 heavy (non-hydrogen) atoms. The summed E-state index contributed by atoms with van der Waals surface area (Å²) in [5, 5.41) is 2.47. The Kier molecular flexibility index (Phi) is 2.86. The Hall–Kier alpha value is -0.235. The average molecular weight is 80.9 g/mol. The van der Waals surface area contributed by atoms with Crippen molar-refractivity contribution in [2.75, 3.05) is 6.54 Å². The Morgan fingerprint density at radius 2 is 2.50 bits per heavy atom. The molecule has 0 unspecified atom stereocenters. The Labute approximate surface area is 39.9 Å². The largest absolute Gasteiger partial charge is 0.363 e. The van der Waals surface area contributed by atoms with Crippen molar-refractivity contribution in [2.24, 2.45) is 0 Å². The molecule has 0 aromatic heterocycles. The summed E-state index contributed by atoms with van der Waals surface area (Å²) in [5.74, 6) is 0. The summed E-state index contributed by atoms with van der Waals surface area (Å²) in [6.07, 6.45) is 0. The van der Waals surface area contributed by atoms with Crippen LogP contribution in [0.2, 0.25) is 0 Å². The summed E-state index contributed by atoms with van der Waals surface area (Å²) in [6.45, 7) is 6.23. The highest BCUT2D eigenvalue weighted by atomic mass is 14.7. The van der Waals surface area contributed by atoms with Gasteiger partial charge in [-0.25, -0.2) is 0 Å². The quantitative estimate of drug-likeness (QED) is 0.370. The van der Waals surface area contributed by atoms with E-state index in [1.807, 2.05) is 6.92 Å². The molecule has 0 atom stereocenters. The molecule has 2 heteroatoms. The molecule has 32 valence electrons. The molecule has 0 aliphatic rings. The van der Waals surface area contributed by atoms with Crippen LogP contribution in [-0.4, -0.2) is 14.5 Å². The van der Waals surface area contributed by atoms with Crippen molar-refractivity contribution in [3.05, 3.63) is 12.2 Å². The van der Waals surface area contributed by atoms with E-state index < -0.39 is 0 Å². The van der Waals surface area contributed by atoms with Crippen LogP contribution in [0.25, 0.3) is 0 Å². The number of nitrogens with one attached hydrogen (secondary N) is 1. The molecule has 0 fully saturated rings. The Bertz CT molecular complexity index is 51.5. The maximum Gasteiger partial charge on any atom is 0.178 e. The second-order valence-corrected chi connectivity index (χ2v) is 1.34. The predicted molar refractivity (Wildman–Crippen MR) is 28.6 cm³/mol. The van der Waals surface area contributed by atoms with Crippen molar-refractivity contribution < 1.29 is 0 Å². The molecule has 0 aromatic carbocycles. The highest BCUT2D eigenvalue weighted by Crippen LogP contribution is 1.77. The smallest absolute Gasteiger partial charge is 0.178 e. The zero-order chi connectivity index (χ0) is 4.99. The molecule has 0 rings (SSSR count). The van der Waals surface area contributed by atoms with Crippen molar-refractivity contribution in [3.8, 4) is 0 Å². The standard InChI is InChI=1S/C4H8BN/c1-4(2)3-6-5/h6H,1,3H2,2H3. The first-order valence-electron chi connectivity index (χ1n) is 1.85. The molecule has 0 spiro atoms. The highest BCUT2D eigenvalue weighted by molar-refractivity contribution is 6.04. The molecule has 0 saturated carbocycles. The zero-order valence-corrected chi connectivity index (χ0v) is 3.99. The lowest BCUT2D eigenvalue weighted by Crippen LogP contribution is -2.09. The third-order valence-corrected chi connectivity index (χ3v) is 0.404. The topological polar surface area (TPSA) is 12.0 Å². The number of hydrogen-bond donors (Lipinski definition) is 1. The summed E-state index contributed by atoms with van der Waals surface area (Å²) in [7, 11) is 4.92. The van der Waals surface area contributed by atoms with Gasteiger partial charge in [-0.3, -0.25) is 0 Å². The molecule has 0 saturated heterocycles. The monoisotopic (exact) mass is 81.1 g/mol. The lowest BCUT2D eigenvalue weighted by atomic mass is 10.3. The summed E-state index contributed by atoms with van der Waals surface area (Å²) < 4.78 is 0. The minimum Gasteiger partial charge on any atom is -0.363 e. The van der Waals surface area contributed by atoms with Crippen LogP contribution in [0, 0.1) is 0 Å². The molecule has 0 bridgehead atoms. The summed E-state index contributed by atoms with van der Waals surface area (Å²) >= 11 is 0. The van der Waals surface area contributed by atoms with Gasteiger partial charge >= 0.3 is 0 Å². The maximum absolute atomic E-state index is 4.92. The van der Waals surface area contributed by atoms with Crippen LogP contribution in [0.15, 0.2) is 12.2 Å². The van der Waals surface area contributed by atoms with Gasteiger partial charge in [-0.15, -0.1) is 0 Å². The first-order valence-corrected chi connectivity index (χ1v) is 1.85. The van der Waals surface area contributed by atoms with Crippen LogP contribution in [-0.2, 0) is 0 Å². The van der Waals surface area contributed by atoms with Gasteiger partial charge < -0.3 is 5.23 Å². The van der Waals surface area contributed by atoms with Gasteiger partial charge in [0.05, 0.1) is 0 Å². The fourth-order valence-corrected chi connectivity index (χ4v) is 0.174. The number of rotatable bonds is 2. The van der Waals surface area contributed by atoms with E-state index in [0.29, 0.717) is 6.54 Å². The van der Waals surface area contributed by atoms with Gasteiger partial charge in [0, 0.05) is 6.54 Å². The van der Waals surface area contributed by atoms with Gasteiger partial charge in [-0.05, 0) is 6.92 Å². The van der Waals surface area contributed by atoms with Crippen molar-refractivity contribution in [1.82, 2.24) is 5.23 Å². The maximum atomic E-state index is 4.92. The first kappa shape index (κ1) is 5.76. The van der Waals surface area contributed by atoms with Crippen molar-refractivity contribution in [3.63, 3.8) is 0 Å². The van der Waals surface area contributed by atoms with E-state index in [1.54, 1.807) is 0 Å². The van der Waals surface area contributed by atoms with E-state index in [1.165, 1.54) is 0 Å². The lowest BCUT2D eigenvalue weighted by molar-refractivity contribution is 1.04. The second-order valence-electron chi connectivity index (χ2n) is 1.34. The summed E-state index contributed by atoms with van der Waals surface area (Å²) in [4.78, 5) is 0. The van der Waals surface area contributed by atoms with E-state index >= 15 is 0 Å². The van der Waals surface area contributed by atoms with Gasteiger partial charge in [-0.2, -0.15) is 0 Å². The Morgan fingerprint density at radius 1 is 2.00 bits per heavy atom. The van der Waals surface area contributed by atoms with Crippen LogP contribution < -0.4 is 5.23 Å². The van der Waals surface area contributed by atoms with Gasteiger partial charge in [-0.1, -0.05) is 12.2 Å². The molecule has 1 nitrogen and oxygen atoms in total. The molecule has 0 aliphatic carbocycles. The van der Waals surface area contributed by atoms with Crippen LogP contribution in [0.1, 0.15) is 6.92 Å². The van der Waals surface area contributed by atoms with Crippen LogP contribution in [0.3, 0.4) is 0 Å². The van der Waals surface area contributed by atoms with Crippen molar-refractivity contribution in [1.29, 1.82) is 0 Å². The summed E-state index contributed by atoms with van der Waals surface area (Å²) in [5.41, 5.74) is 1.05. The van der Waals surface area contributed by atoms with E-state index in [2.05, 4.69) is 11.8 Å². The second kappa shape index (κ2) is 2.97. The van der Waals surface area contributed by atoms with Gasteiger partial charge in [0.15, 0.2) is 7.98 Å². The fraction of sp³-hybridized carbons (Fsp3) is 0.500. The van der Waals surface area contributed by atoms with E-state index in [4.69, 9.17) is 7.98 Å². The van der Waals surface area contributed by atoms with E-state index in [-0.39, 0.29) is 0 Å². The van der Waals surface area contributed by atoms with Crippen LogP contribution in [0.5, 0.6) is 0 Å². The molecular formula is C4H8BN. The Balaban J connectivity index is 2.83. The average Bonchev–Trinajstić information content (AvgIpc) is 1.35. The molecule has 0 amide bonds. The fourth-order valence-electron chi connectivity index (χ4n) is 0.174. The van der Waals surface area contributed by atoms with Crippen LogP contribution in [0.4, 0.5) is 0 Å².